The molecule has 1 aliphatic heterocycles. The molecule has 0 bridgehead atoms. The Bertz CT molecular complexity index is 440. The molecule has 0 fully saturated rings. The van der Waals surface area contributed by atoms with Crippen molar-refractivity contribution in [2.75, 3.05) is 0 Å². The predicted octanol–water partition coefficient (Wildman–Crippen LogP) is 1.48. The lowest BCUT2D eigenvalue weighted by Gasteiger charge is -2.11. The second kappa shape index (κ2) is 3.22. The van der Waals surface area contributed by atoms with Crippen molar-refractivity contribution in [1.29, 1.82) is 0 Å². The van der Waals surface area contributed by atoms with Gasteiger partial charge >= 0.3 is 0 Å². The van der Waals surface area contributed by atoms with E-state index in [0.717, 1.165) is 16.5 Å². The molecule has 1 aromatic carbocycles. The van der Waals surface area contributed by atoms with Crippen LogP contribution in [-0.4, -0.2) is 12.7 Å². The summed E-state index contributed by atoms with van der Waals surface area (Å²) in [5, 5.41) is 0.999. The average Bonchev–Trinajstić information content (AvgIpc) is 2.61. The van der Waals surface area contributed by atoms with Crippen molar-refractivity contribution in [3.8, 4) is 0 Å². The fourth-order valence-electron chi connectivity index (χ4n) is 1.59. The van der Waals surface area contributed by atoms with Crippen LogP contribution in [0.4, 0.5) is 0 Å². The summed E-state index contributed by atoms with van der Waals surface area (Å²) < 4.78 is 24.4. The minimum Gasteiger partial charge on any atom is -0.208 e. The van der Waals surface area contributed by atoms with Crippen LogP contribution in [-0.2, 0) is 23.1 Å². The van der Waals surface area contributed by atoms with Crippen LogP contribution in [0.2, 0.25) is 0 Å². The van der Waals surface area contributed by atoms with Crippen LogP contribution in [0, 0.1) is 0 Å². The zero-order valence-corrected chi connectivity index (χ0v) is 8.50. The number of nitrogens with zero attached hydrogens (tertiary/aromatic N) is 1. The minimum absolute atomic E-state index is 0.463. The lowest BCUT2D eigenvalue weighted by molar-refractivity contribution is 0.439. The van der Waals surface area contributed by atoms with Gasteiger partial charge in [0.15, 0.2) is 0 Å². The van der Waals surface area contributed by atoms with Gasteiger partial charge in [0, 0.05) is 18.5 Å². The highest BCUT2D eigenvalue weighted by Gasteiger charge is 2.26. The number of benzene rings is 1. The highest BCUT2D eigenvalue weighted by molar-refractivity contribution is 7.91. The van der Waals surface area contributed by atoms with E-state index in [1.807, 2.05) is 24.3 Å². The van der Waals surface area contributed by atoms with Crippen molar-refractivity contribution < 1.29 is 8.42 Å². The van der Waals surface area contributed by atoms with Gasteiger partial charge in [-0.25, -0.2) is 8.42 Å². The molecule has 1 heterocycles. The molecule has 2 rings (SSSR count). The molecular weight excluding hydrogens is 198 g/mol. The summed E-state index contributed by atoms with van der Waals surface area (Å²) in [4.78, 5) is 0. The first-order chi connectivity index (χ1) is 6.63. The van der Waals surface area contributed by atoms with Crippen LogP contribution in [0.15, 0.2) is 36.3 Å². The second-order valence-corrected chi connectivity index (χ2v) is 5.13. The van der Waals surface area contributed by atoms with E-state index in [1.165, 1.54) is 4.31 Å². The Hall–Kier alpha value is -1.13. The summed E-state index contributed by atoms with van der Waals surface area (Å²) in [5.74, 6) is 0. The third-order valence-corrected chi connectivity index (χ3v) is 3.78. The van der Waals surface area contributed by atoms with E-state index in [-0.39, 0.29) is 0 Å². The maximum atomic E-state index is 11.5. The van der Waals surface area contributed by atoms with Gasteiger partial charge in [-0.05, 0) is 11.1 Å². The molecule has 0 spiro atoms. The van der Waals surface area contributed by atoms with Crippen LogP contribution in [0.1, 0.15) is 11.1 Å². The van der Waals surface area contributed by atoms with Crippen LogP contribution >= 0.6 is 0 Å². The highest BCUT2D eigenvalue weighted by atomic mass is 32.2. The van der Waals surface area contributed by atoms with Crippen LogP contribution in [0.25, 0.3) is 0 Å². The molecule has 1 aliphatic rings. The molecule has 0 atom stereocenters. The molecule has 0 N–H and O–H groups in total. The van der Waals surface area contributed by atoms with Crippen LogP contribution < -0.4 is 0 Å². The van der Waals surface area contributed by atoms with Crippen molar-refractivity contribution in [1.82, 2.24) is 4.31 Å². The third-order valence-electron chi connectivity index (χ3n) is 2.38. The van der Waals surface area contributed by atoms with E-state index in [4.69, 9.17) is 0 Å². The average molecular weight is 209 g/mol. The first-order valence-corrected chi connectivity index (χ1v) is 5.83. The van der Waals surface area contributed by atoms with Crippen LogP contribution in [0.5, 0.6) is 0 Å². The Morgan fingerprint density at radius 1 is 1.21 bits per heavy atom. The molecule has 0 saturated heterocycles. The fourth-order valence-corrected chi connectivity index (χ4v) is 2.44. The summed E-state index contributed by atoms with van der Waals surface area (Å²) >= 11 is 0. The smallest absolute Gasteiger partial charge is 0.208 e. The lowest BCUT2D eigenvalue weighted by atomic mass is 10.1. The maximum absolute atomic E-state index is 11.5. The summed E-state index contributed by atoms with van der Waals surface area (Å²) in [6, 6.07) is 7.74. The molecule has 1 aromatic rings. The van der Waals surface area contributed by atoms with Crippen molar-refractivity contribution in [2.24, 2.45) is 0 Å². The molecule has 0 unspecified atom stereocenters. The molecule has 0 aliphatic carbocycles. The number of hydrogen-bond donors (Lipinski definition) is 0. The predicted molar refractivity (Wildman–Crippen MR) is 54.8 cm³/mol. The Labute approximate surface area is 83.7 Å². The molecule has 4 heteroatoms. The van der Waals surface area contributed by atoms with E-state index < -0.39 is 10.0 Å². The first-order valence-electron chi connectivity index (χ1n) is 4.33. The number of rotatable bonds is 2. The minimum atomic E-state index is -3.27. The SMILES string of the molecule is C=CS(=O)(=O)N1Cc2ccccc2C1. The Morgan fingerprint density at radius 2 is 1.71 bits per heavy atom. The topological polar surface area (TPSA) is 37.4 Å². The molecule has 14 heavy (non-hydrogen) atoms. The van der Waals surface area contributed by atoms with Gasteiger partial charge < -0.3 is 0 Å². The van der Waals surface area contributed by atoms with Gasteiger partial charge in [0.05, 0.1) is 0 Å². The van der Waals surface area contributed by atoms with E-state index in [0.29, 0.717) is 13.1 Å². The zero-order valence-electron chi connectivity index (χ0n) is 7.68. The van der Waals surface area contributed by atoms with Crippen molar-refractivity contribution in [3.05, 3.63) is 47.4 Å². The lowest BCUT2D eigenvalue weighted by Crippen LogP contribution is -2.22. The summed E-state index contributed by atoms with van der Waals surface area (Å²) in [7, 11) is -3.27. The van der Waals surface area contributed by atoms with E-state index in [9.17, 15) is 8.42 Å². The molecule has 3 nitrogen and oxygen atoms in total. The molecule has 0 aromatic heterocycles. The summed E-state index contributed by atoms with van der Waals surface area (Å²) in [6.07, 6.45) is 0. The Morgan fingerprint density at radius 3 is 2.14 bits per heavy atom. The summed E-state index contributed by atoms with van der Waals surface area (Å²) in [5.41, 5.74) is 2.16. The van der Waals surface area contributed by atoms with Gasteiger partial charge in [-0.15, -0.1) is 0 Å². The van der Waals surface area contributed by atoms with Gasteiger partial charge in [-0.3, -0.25) is 0 Å². The van der Waals surface area contributed by atoms with Crippen molar-refractivity contribution in [2.45, 2.75) is 13.1 Å². The van der Waals surface area contributed by atoms with E-state index in [1.54, 1.807) is 0 Å². The monoisotopic (exact) mass is 209 g/mol. The van der Waals surface area contributed by atoms with Crippen molar-refractivity contribution in [3.63, 3.8) is 0 Å². The second-order valence-electron chi connectivity index (χ2n) is 3.25. The molecule has 0 amide bonds. The van der Waals surface area contributed by atoms with Gasteiger partial charge in [-0.1, -0.05) is 30.8 Å². The molecule has 74 valence electrons. The van der Waals surface area contributed by atoms with Crippen molar-refractivity contribution >= 4 is 10.0 Å². The standard InChI is InChI=1S/C10H11NO2S/c1-2-14(12,13)11-7-9-5-3-4-6-10(9)8-11/h2-6H,1,7-8H2. The Balaban J connectivity index is 2.33. The van der Waals surface area contributed by atoms with Gasteiger partial charge in [0.1, 0.15) is 0 Å². The third kappa shape index (κ3) is 1.47. The largest absolute Gasteiger partial charge is 0.236 e. The molecule has 0 saturated carbocycles. The molecule has 0 radical (unpaired) electrons. The summed E-state index contributed by atoms with van der Waals surface area (Å²) in [6.45, 7) is 4.24. The van der Waals surface area contributed by atoms with Crippen LogP contribution in [0.3, 0.4) is 0 Å². The number of hydrogen-bond acceptors (Lipinski definition) is 2. The fraction of sp³-hybridized carbons (Fsp3) is 0.200. The number of sulfonamides is 1. The maximum Gasteiger partial charge on any atom is 0.236 e. The van der Waals surface area contributed by atoms with E-state index in [2.05, 4.69) is 6.58 Å². The first kappa shape index (κ1) is 9.43. The van der Waals surface area contributed by atoms with Gasteiger partial charge in [0.25, 0.3) is 0 Å². The highest BCUT2D eigenvalue weighted by Crippen LogP contribution is 2.24. The van der Waals surface area contributed by atoms with Gasteiger partial charge in [-0.2, -0.15) is 4.31 Å². The molecular formula is C10H11NO2S. The number of fused-ring (bicyclic) bond motifs is 1. The Kier molecular flexibility index (Phi) is 2.17. The van der Waals surface area contributed by atoms with E-state index >= 15 is 0 Å². The normalized spacial score (nSPS) is 16.6. The van der Waals surface area contributed by atoms with Gasteiger partial charge in [0.2, 0.25) is 10.0 Å². The quantitative estimate of drug-likeness (QED) is 0.739. The zero-order chi connectivity index (χ0) is 10.2.